The number of nitrogens with one attached hydrogen (secondary N) is 2. The molecule has 5 heterocycles. The number of hydrogen-bond acceptors (Lipinski definition) is 8. The highest BCUT2D eigenvalue weighted by Gasteiger charge is 2.22. The number of aromatic amines is 1. The van der Waals surface area contributed by atoms with Crippen LogP contribution in [0.3, 0.4) is 0 Å². The fourth-order valence-corrected chi connectivity index (χ4v) is 3.72. The lowest BCUT2D eigenvalue weighted by atomic mass is 10.2. The third kappa shape index (κ3) is 2.55. The van der Waals surface area contributed by atoms with Crippen LogP contribution in [-0.2, 0) is 0 Å². The number of nitrogens with two attached hydrogens (primary N) is 1. The van der Waals surface area contributed by atoms with Crippen molar-refractivity contribution in [3.63, 3.8) is 0 Å². The zero-order chi connectivity index (χ0) is 21.2. The average molecular weight is 402 g/mol. The van der Waals surface area contributed by atoms with Gasteiger partial charge >= 0.3 is 0 Å². The third-order valence-corrected chi connectivity index (χ3v) is 4.96. The molecule has 0 bridgehead atoms. The Morgan fingerprint density at radius 1 is 1.03 bits per heavy atom. The molecule has 0 aliphatic carbocycles. The maximum Gasteiger partial charge on any atom is 0.281 e. The summed E-state index contributed by atoms with van der Waals surface area (Å²) < 4.78 is 1.39. The topological polar surface area (TPSA) is 153 Å². The summed E-state index contributed by atoms with van der Waals surface area (Å²) in [5.74, 6) is -0.131. The summed E-state index contributed by atoms with van der Waals surface area (Å²) in [6, 6.07) is 3.85. The van der Waals surface area contributed by atoms with Crippen molar-refractivity contribution in [2.24, 2.45) is 0 Å². The molecule has 4 N–H and O–H groups in total. The normalized spacial score (nSPS) is 11.6. The molecule has 1 amide bonds. The smallest absolute Gasteiger partial charge is 0.281 e. The maximum absolute atomic E-state index is 12.9. The minimum Gasteiger partial charge on any atom is -0.382 e. The van der Waals surface area contributed by atoms with E-state index in [9.17, 15) is 4.79 Å². The first-order chi connectivity index (χ1) is 14.3. The SMILES string of the molecule is Cc1cc(C)c2c(n1)nn1c(N)c(C(=O)Nc3n[nH]c4nc(C)cc(C)c34)nnc21. The van der Waals surface area contributed by atoms with Gasteiger partial charge in [0.2, 0.25) is 0 Å². The van der Waals surface area contributed by atoms with Crippen LogP contribution in [0.15, 0.2) is 12.1 Å². The second kappa shape index (κ2) is 6.17. The van der Waals surface area contributed by atoms with Crippen LogP contribution < -0.4 is 11.1 Å². The standard InChI is InChI=1S/C19H18N10O/c1-7-5-9(3)21-15-11(7)16(26-25-15)23-19(30)13-14(20)29-18(27-24-13)12-8(2)6-10(4)22-17(12)28-29/h5-6H,20H2,1-4H3,(H2,21,23,25,26,30). The van der Waals surface area contributed by atoms with Gasteiger partial charge in [-0.25, -0.2) is 9.97 Å². The molecule has 0 aliphatic heterocycles. The van der Waals surface area contributed by atoms with Gasteiger partial charge in [-0.15, -0.1) is 15.3 Å². The summed E-state index contributed by atoms with van der Waals surface area (Å²) >= 11 is 0. The number of aromatic nitrogens is 8. The van der Waals surface area contributed by atoms with Crippen LogP contribution in [0.1, 0.15) is 33.0 Å². The van der Waals surface area contributed by atoms with E-state index >= 15 is 0 Å². The van der Waals surface area contributed by atoms with Crippen LogP contribution in [0.5, 0.6) is 0 Å². The highest BCUT2D eigenvalue weighted by Crippen LogP contribution is 2.26. The maximum atomic E-state index is 12.9. The van der Waals surface area contributed by atoms with Crippen LogP contribution >= 0.6 is 0 Å². The summed E-state index contributed by atoms with van der Waals surface area (Å²) in [5, 5.41) is 23.9. The van der Waals surface area contributed by atoms with Gasteiger partial charge in [0, 0.05) is 11.4 Å². The molecule has 0 radical (unpaired) electrons. The zero-order valence-electron chi connectivity index (χ0n) is 16.8. The summed E-state index contributed by atoms with van der Waals surface area (Å²) in [6.07, 6.45) is 0. The zero-order valence-corrected chi connectivity index (χ0v) is 16.8. The fraction of sp³-hybridized carbons (Fsp3) is 0.211. The Bertz CT molecular complexity index is 1500. The lowest BCUT2D eigenvalue weighted by Gasteiger charge is -2.06. The number of carbonyl (C=O) groups is 1. The Labute approximate surface area is 169 Å². The molecule has 0 aliphatic rings. The van der Waals surface area contributed by atoms with Crippen LogP contribution in [0.25, 0.3) is 27.7 Å². The summed E-state index contributed by atoms with van der Waals surface area (Å²) in [4.78, 5) is 21.7. The first kappa shape index (κ1) is 17.9. The Morgan fingerprint density at radius 2 is 1.73 bits per heavy atom. The van der Waals surface area contributed by atoms with Crippen molar-refractivity contribution in [3.05, 3.63) is 40.3 Å². The largest absolute Gasteiger partial charge is 0.382 e. The summed E-state index contributed by atoms with van der Waals surface area (Å²) in [5.41, 5.74) is 11.3. The van der Waals surface area contributed by atoms with Crippen molar-refractivity contribution in [2.75, 3.05) is 11.1 Å². The van der Waals surface area contributed by atoms with Gasteiger partial charge in [0.05, 0.1) is 10.8 Å². The number of aryl methyl sites for hydroxylation is 4. The Balaban J connectivity index is 1.60. The minimum absolute atomic E-state index is 0.0569. The first-order valence-electron chi connectivity index (χ1n) is 9.26. The summed E-state index contributed by atoms with van der Waals surface area (Å²) in [7, 11) is 0. The molecular formula is C19H18N10O. The molecule has 30 heavy (non-hydrogen) atoms. The van der Waals surface area contributed by atoms with Crippen molar-refractivity contribution in [1.29, 1.82) is 0 Å². The lowest BCUT2D eigenvalue weighted by molar-refractivity contribution is 0.102. The van der Waals surface area contributed by atoms with E-state index in [1.54, 1.807) is 0 Å². The van der Waals surface area contributed by atoms with Gasteiger partial charge in [-0.3, -0.25) is 9.89 Å². The van der Waals surface area contributed by atoms with E-state index in [-0.39, 0.29) is 11.5 Å². The molecule has 11 heteroatoms. The van der Waals surface area contributed by atoms with Crippen molar-refractivity contribution in [3.8, 4) is 0 Å². The molecule has 0 spiro atoms. The number of nitrogens with zero attached hydrogens (tertiary/aromatic N) is 7. The lowest BCUT2D eigenvalue weighted by Crippen LogP contribution is -2.19. The first-order valence-corrected chi connectivity index (χ1v) is 9.26. The number of amides is 1. The number of carbonyl (C=O) groups excluding carboxylic acids is 1. The van der Waals surface area contributed by atoms with Gasteiger partial charge in [-0.1, -0.05) is 0 Å². The second-order valence-electron chi connectivity index (χ2n) is 7.28. The van der Waals surface area contributed by atoms with E-state index in [0.29, 0.717) is 22.8 Å². The molecule has 0 unspecified atom stereocenters. The molecule has 150 valence electrons. The van der Waals surface area contributed by atoms with Gasteiger partial charge in [-0.2, -0.15) is 9.61 Å². The Morgan fingerprint density at radius 3 is 2.50 bits per heavy atom. The number of fused-ring (bicyclic) bond motifs is 4. The third-order valence-electron chi connectivity index (χ3n) is 4.96. The Kier molecular flexibility index (Phi) is 3.69. The molecule has 5 aromatic heterocycles. The number of H-pyrrole nitrogens is 1. The van der Waals surface area contributed by atoms with Gasteiger partial charge in [0.1, 0.15) is 0 Å². The van der Waals surface area contributed by atoms with Crippen LogP contribution in [0.4, 0.5) is 11.6 Å². The molecule has 5 rings (SSSR count). The molecule has 0 saturated carbocycles. The van der Waals surface area contributed by atoms with E-state index < -0.39 is 5.91 Å². The van der Waals surface area contributed by atoms with Gasteiger partial charge in [0.25, 0.3) is 5.91 Å². The van der Waals surface area contributed by atoms with Crippen molar-refractivity contribution < 1.29 is 4.79 Å². The van der Waals surface area contributed by atoms with Crippen LogP contribution in [-0.4, -0.2) is 45.9 Å². The molecule has 11 nitrogen and oxygen atoms in total. The van der Waals surface area contributed by atoms with Crippen LogP contribution in [0.2, 0.25) is 0 Å². The number of nitrogen functional groups attached to an aromatic ring is 1. The predicted molar refractivity (Wildman–Crippen MR) is 111 cm³/mol. The fourth-order valence-electron chi connectivity index (χ4n) is 3.72. The second-order valence-corrected chi connectivity index (χ2v) is 7.28. The van der Waals surface area contributed by atoms with Crippen molar-refractivity contribution in [1.82, 2.24) is 40.0 Å². The highest BCUT2D eigenvalue weighted by atomic mass is 16.2. The molecule has 5 aromatic rings. The van der Waals surface area contributed by atoms with Crippen molar-refractivity contribution in [2.45, 2.75) is 27.7 Å². The van der Waals surface area contributed by atoms with E-state index in [2.05, 4.69) is 40.8 Å². The van der Waals surface area contributed by atoms with Gasteiger partial charge < -0.3 is 11.1 Å². The highest BCUT2D eigenvalue weighted by molar-refractivity contribution is 6.09. The molecule has 0 saturated heterocycles. The van der Waals surface area contributed by atoms with E-state index in [1.807, 2.05) is 39.8 Å². The quantitative estimate of drug-likeness (QED) is 0.405. The molecule has 0 aromatic carbocycles. The predicted octanol–water partition coefficient (Wildman–Crippen LogP) is 2.01. The molecule has 0 atom stereocenters. The van der Waals surface area contributed by atoms with E-state index in [0.717, 1.165) is 33.3 Å². The monoisotopic (exact) mass is 402 g/mol. The van der Waals surface area contributed by atoms with Crippen LogP contribution in [0, 0.1) is 27.7 Å². The number of anilines is 2. The van der Waals surface area contributed by atoms with Gasteiger partial charge in [0.15, 0.2) is 34.3 Å². The van der Waals surface area contributed by atoms with E-state index in [4.69, 9.17) is 5.73 Å². The Hall–Kier alpha value is -4.15. The van der Waals surface area contributed by atoms with Crippen molar-refractivity contribution >= 4 is 45.3 Å². The van der Waals surface area contributed by atoms with E-state index in [1.165, 1.54) is 4.52 Å². The summed E-state index contributed by atoms with van der Waals surface area (Å²) in [6.45, 7) is 7.65. The minimum atomic E-state index is -0.546. The molecular weight excluding hydrogens is 384 g/mol. The number of rotatable bonds is 2. The average Bonchev–Trinajstić information content (AvgIpc) is 3.23. The number of hydrogen-bond donors (Lipinski definition) is 3. The van der Waals surface area contributed by atoms with Gasteiger partial charge in [-0.05, 0) is 51.0 Å². The molecule has 0 fully saturated rings. The number of pyridine rings is 2.